The van der Waals surface area contributed by atoms with Crippen LogP contribution >= 0.6 is 7.14 Å². The fraction of sp³-hybridized carbons (Fsp3) is 0.286. The molecule has 0 aliphatic heterocycles. The van der Waals surface area contributed by atoms with Crippen LogP contribution in [-0.4, -0.2) is 11.3 Å². The first kappa shape index (κ1) is 18.4. The van der Waals surface area contributed by atoms with Crippen molar-refractivity contribution in [2.24, 2.45) is 0 Å². The normalized spacial score (nSPS) is 24.0. The lowest BCUT2D eigenvalue weighted by molar-refractivity contribution is 0.556. The van der Waals surface area contributed by atoms with Gasteiger partial charge in [0, 0.05) is 16.6 Å². The molecule has 0 bridgehead atoms. The molecule has 0 saturated heterocycles. The second-order valence-corrected chi connectivity index (χ2v) is 12.2. The van der Waals surface area contributed by atoms with Crippen molar-refractivity contribution in [1.82, 2.24) is 0 Å². The Bertz CT molecular complexity index is 1300. The van der Waals surface area contributed by atoms with Crippen LogP contribution in [0.5, 0.6) is 0 Å². The van der Waals surface area contributed by atoms with Crippen molar-refractivity contribution in [2.75, 3.05) is 0 Å². The summed E-state index contributed by atoms with van der Waals surface area (Å²) in [6, 6.07) is 19.9. The van der Waals surface area contributed by atoms with Crippen LogP contribution < -0.4 is 5.30 Å². The van der Waals surface area contributed by atoms with Gasteiger partial charge in [-0.15, -0.1) is 0 Å². The van der Waals surface area contributed by atoms with E-state index in [1.807, 2.05) is 0 Å². The van der Waals surface area contributed by atoms with Crippen molar-refractivity contribution in [3.63, 3.8) is 0 Å². The lowest BCUT2D eigenvalue weighted by Crippen LogP contribution is -2.27. The smallest absolute Gasteiger partial charge is 0.129 e. The summed E-state index contributed by atoms with van der Waals surface area (Å²) in [5.74, 6) is 0. The van der Waals surface area contributed by atoms with E-state index in [4.69, 9.17) is 0 Å². The standard InChI is InChI=1S/C28H27OP/c29-30(23-10-3-1-4-11-23,24-12-5-2-6-13-24)26-19-17-22-15-14-20-8-7-9-21-16-18-25(26)28(22)27(20)21/h3,5,7-10,12,14-19,23-24H,1-2,4,6,11,13H2. The third kappa shape index (κ3) is 2.65. The lowest BCUT2D eigenvalue weighted by Gasteiger charge is -2.35. The van der Waals surface area contributed by atoms with Crippen molar-refractivity contribution >= 4 is 44.8 Å². The highest BCUT2D eigenvalue weighted by molar-refractivity contribution is 7.73. The molecule has 0 amide bonds. The molecule has 0 saturated carbocycles. The first-order valence-corrected chi connectivity index (χ1v) is 13.2. The van der Waals surface area contributed by atoms with Crippen LogP contribution in [0.4, 0.5) is 0 Å². The van der Waals surface area contributed by atoms with Crippen molar-refractivity contribution in [3.05, 3.63) is 78.9 Å². The molecular weight excluding hydrogens is 383 g/mol. The van der Waals surface area contributed by atoms with E-state index in [0.29, 0.717) is 0 Å². The number of hydrogen-bond donors (Lipinski definition) is 0. The molecule has 1 nitrogen and oxygen atoms in total. The molecule has 2 aliphatic rings. The van der Waals surface area contributed by atoms with Crippen LogP contribution in [0.15, 0.2) is 78.9 Å². The Morgan fingerprint density at radius 2 is 1.23 bits per heavy atom. The summed E-state index contributed by atoms with van der Waals surface area (Å²) in [6.07, 6.45) is 15.7. The first-order valence-electron chi connectivity index (χ1n) is 11.4. The average molecular weight is 410 g/mol. The van der Waals surface area contributed by atoms with Crippen molar-refractivity contribution in [1.29, 1.82) is 0 Å². The quantitative estimate of drug-likeness (QED) is 0.191. The van der Waals surface area contributed by atoms with Crippen LogP contribution in [0.1, 0.15) is 38.5 Å². The van der Waals surface area contributed by atoms with Gasteiger partial charge in [-0.05, 0) is 70.8 Å². The molecule has 0 N–H and O–H groups in total. The average Bonchev–Trinajstić information content (AvgIpc) is 2.83. The van der Waals surface area contributed by atoms with Gasteiger partial charge in [0.25, 0.3) is 0 Å². The monoisotopic (exact) mass is 410 g/mol. The highest BCUT2D eigenvalue weighted by atomic mass is 31.2. The molecule has 0 aromatic heterocycles. The first-order chi connectivity index (χ1) is 14.8. The molecule has 4 aromatic carbocycles. The van der Waals surface area contributed by atoms with E-state index in [1.54, 1.807) is 0 Å². The van der Waals surface area contributed by atoms with Gasteiger partial charge in [-0.1, -0.05) is 78.9 Å². The van der Waals surface area contributed by atoms with Gasteiger partial charge in [-0.2, -0.15) is 0 Å². The molecule has 0 heterocycles. The van der Waals surface area contributed by atoms with Crippen LogP contribution in [0, 0.1) is 0 Å². The molecule has 2 aliphatic carbocycles. The van der Waals surface area contributed by atoms with Gasteiger partial charge >= 0.3 is 0 Å². The van der Waals surface area contributed by atoms with Crippen LogP contribution in [0.25, 0.3) is 32.3 Å². The largest absolute Gasteiger partial charge is 0.317 e. The van der Waals surface area contributed by atoms with E-state index in [-0.39, 0.29) is 11.3 Å². The minimum Gasteiger partial charge on any atom is -0.317 e. The zero-order valence-corrected chi connectivity index (χ0v) is 18.2. The summed E-state index contributed by atoms with van der Waals surface area (Å²) >= 11 is 0. The molecule has 2 unspecified atom stereocenters. The second kappa shape index (κ2) is 7.10. The van der Waals surface area contributed by atoms with Gasteiger partial charge in [-0.3, -0.25) is 0 Å². The number of allylic oxidation sites excluding steroid dienone is 4. The highest BCUT2D eigenvalue weighted by Crippen LogP contribution is 2.60. The van der Waals surface area contributed by atoms with Gasteiger partial charge in [-0.25, -0.2) is 0 Å². The van der Waals surface area contributed by atoms with E-state index in [2.05, 4.69) is 78.9 Å². The zero-order valence-electron chi connectivity index (χ0n) is 17.3. The molecule has 30 heavy (non-hydrogen) atoms. The zero-order chi connectivity index (χ0) is 20.1. The fourth-order valence-electron chi connectivity index (χ4n) is 5.86. The molecule has 0 spiro atoms. The third-order valence-corrected chi connectivity index (χ3v) is 11.3. The molecule has 6 rings (SSSR count). The lowest BCUT2D eigenvalue weighted by atomic mass is 9.94. The van der Waals surface area contributed by atoms with Gasteiger partial charge in [0.1, 0.15) is 7.14 Å². The van der Waals surface area contributed by atoms with Crippen LogP contribution in [-0.2, 0) is 4.57 Å². The maximum atomic E-state index is 15.2. The minimum atomic E-state index is -2.65. The Balaban J connectivity index is 1.69. The molecule has 0 radical (unpaired) electrons. The fourth-order valence-corrected chi connectivity index (χ4v) is 9.82. The molecule has 0 fully saturated rings. The van der Waals surface area contributed by atoms with E-state index in [1.165, 1.54) is 32.3 Å². The molecular formula is C28H27OP. The van der Waals surface area contributed by atoms with E-state index in [0.717, 1.165) is 43.8 Å². The van der Waals surface area contributed by atoms with Crippen LogP contribution in [0.3, 0.4) is 0 Å². The molecule has 4 aromatic rings. The topological polar surface area (TPSA) is 17.1 Å². The summed E-state index contributed by atoms with van der Waals surface area (Å²) in [4.78, 5) is 0. The van der Waals surface area contributed by atoms with Gasteiger partial charge in [0.15, 0.2) is 0 Å². The van der Waals surface area contributed by atoms with Gasteiger partial charge in [0.2, 0.25) is 0 Å². The van der Waals surface area contributed by atoms with E-state index in [9.17, 15) is 0 Å². The summed E-state index contributed by atoms with van der Waals surface area (Å²) in [7, 11) is -2.65. The van der Waals surface area contributed by atoms with E-state index >= 15 is 4.57 Å². The van der Waals surface area contributed by atoms with Gasteiger partial charge < -0.3 is 4.57 Å². The summed E-state index contributed by atoms with van der Waals surface area (Å²) in [5.41, 5.74) is 0.329. The van der Waals surface area contributed by atoms with Crippen molar-refractivity contribution in [3.8, 4) is 0 Å². The minimum absolute atomic E-state index is 0.164. The Morgan fingerprint density at radius 1 is 0.667 bits per heavy atom. The SMILES string of the molecule is O=P(c1ccc2ccc3cccc4ccc1c2c34)(C1C=CCCC1)C1C=CCCC1. The van der Waals surface area contributed by atoms with Crippen molar-refractivity contribution in [2.45, 2.75) is 49.8 Å². The molecule has 2 heteroatoms. The molecule has 2 atom stereocenters. The highest BCUT2D eigenvalue weighted by Gasteiger charge is 2.41. The predicted molar refractivity (Wildman–Crippen MR) is 131 cm³/mol. The Labute approximate surface area is 178 Å². The molecule has 150 valence electrons. The second-order valence-electron chi connectivity index (χ2n) is 9.00. The van der Waals surface area contributed by atoms with Crippen LogP contribution in [0.2, 0.25) is 0 Å². The maximum absolute atomic E-state index is 15.2. The number of hydrogen-bond acceptors (Lipinski definition) is 1. The Kier molecular flexibility index (Phi) is 4.36. The van der Waals surface area contributed by atoms with E-state index < -0.39 is 7.14 Å². The Morgan fingerprint density at radius 3 is 1.83 bits per heavy atom. The third-order valence-electron chi connectivity index (χ3n) is 7.33. The number of rotatable bonds is 3. The summed E-state index contributed by atoms with van der Waals surface area (Å²) in [6.45, 7) is 0. The Hall–Kier alpha value is -2.37. The maximum Gasteiger partial charge on any atom is 0.129 e. The predicted octanol–water partition coefficient (Wildman–Crippen LogP) is 7.79. The van der Waals surface area contributed by atoms with Crippen molar-refractivity contribution < 1.29 is 4.57 Å². The number of benzene rings is 4. The summed E-state index contributed by atoms with van der Waals surface area (Å²) < 4.78 is 15.2. The summed E-state index contributed by atoms with van der Waals surface area (Å²) in [5, 5.41) is 8.73. The van der Waals surface area contributed by atoms with Gasteiger partial charge in [0.05, 0.1) is 0 Å².